The second kappa shape index (κ2) is 12.3. The van der Waals surface area contributed by atoms with E-state index in [0.717, 1.165) is 84.4 Å². The number of carbonyl (C=O) groups excluding carboxylic acids is 3. The van der Waals surface area contributed by atoms with Crippen molar-refractivity contribution >= 4 is 17.7 Å². The third kappa shape index (κ3) is 5.52. The van der Waals surface area contributed by atoms with Gasteiger partial charge < -0.3 is 14.8 Å². The summed E-state index contributed by atoms with van der Waals surface area (Å²) in [4.78, 5) is 50.3. The van der Waals surface area contributed by atoms with E-state index in [-0.39, 0.29) is 51.0 Å². The van der Waals surface area contributed by atoms with Gasteiger partial charge >= 0.3 is 5.97 Å². The van der Waals surface area contributed by atoms with Crippen molar-refractivity contribution in [3.63, 3.8) is 0 Å². The first-order chi connectivity index (χ1) is 24.0. The second-order valence-corrected chi connectivity index (χ2v) is 18.0. The quantitative estimate of drug-likeness (QED) is 0.311. The number of nitrogens with one attached hydrogen (secondary N) is 1. The molecule has 3 saturated carbocycles. The number of allylic oxidation sites excluding steroid dienone is 7. The molecule has 51 heavy (non-hydrogen) atoms. The number of ketones is 1. The maximum absolute atomic E-state index is 14.1. The summed E-state index contributed by atoms with van der Waals surface area (Å²) in [5, 5.41) is 3.28. The molecule has 8 nitrogen and oxygen atoms in total. The lowest BCUT2D eigenvalue weighted by atomic mass is 9.34. The van der Waals surface area contributed by atoms with Gasteiger partial charge in [0.1, 0.15) is 0 Å². The maximum Gasteiger partial charge on any atom is 0.314 e. The Morgan fingerprint density at radius 3 is 2.29 bits per heavy atom. The van der Waals surface area contributed by atoms with Crippen LogP contribution in [0.3, 0.4) is 0 Å². The van der Waals surface area contributed by atoms with Gasteiger partial charge in [-0.25, -0.2) is 0 Å². The third-order valence-electron chi connectivity index (χ3n) is 15.1. The van der Waals surface area contributed by atoms with Crippen molar-refractivity contribution < 1.29 is 23.9 Å². The molecule has 6 atom stereocenters. The van der Waals surface area contributed by atoms with Gasteiger partial charge in [0.25, 0.3) is 0 Å². The van der Waals surface area contributed by atoms with Crippen molar-refractivity contribution in [1.29, 1.82) is 0 Å². The van der Waals surface area contributed by atoms with Crippen LogP contribution in [0.4, 0.5) is 0 Å². The molecule has 0 bridgehead atoms. The van der Waals surface area contributed by atoms with Crippen LogP contribution in [0.15, 0.2) is 46.3 Å². The number of nitrogens with zero attached hydrogens (tertiary/aromatic N) is 2. The Kier molecular flexibility index (Phi) is 8.71. The van der Waals surface area contributed by atoms with Gasteiger partial charge in [-0.15, -0.1) is 0 Å². The van der Waals surface area contributed by atoms with Crippen molar-refractivity contribution in [3.8, 4) is 0 Å². The third-order valence-corrected chi connectivity index (χ3v) is 15.1. The fraction of sp³-hybridized carbons (Fsp3) is 0.651. The Morgan fingerprint density at radius 1 is 0.882 bits per heavy atom. The number of hydrogen-bond acceptors (Lipinski definition) is 7. The molecule has 0 spiro atoms. The molecule has 5 aliphatic carbocycles. The molecule has 1 N–H and O–H groups in total. The van der Waals surface area contributed by atoms with Crippen molar-refractivity contribution in [2.24, 2.45) is 38.9 Å². The van der Waals surface area contributed by atoms with E-state index >= 15 is 0 Å². The molecular weight excluding hydrogens is 638 g/mol. The Balaban J connectivity index is 1.17. The number of rotatable bonds is 5. The summed E-state index contributed by atoms with van der Waals surface area (Å²) in [5.74, 6) is -0.128. The number of aromatic nitrogens is 2. The predicted octanol–water partition coefficient (Wildman–Crippen LogP) is 8.06. The molecule has 2 heterocycles. The molecular formula is C43H57N3O5. The van der Waals surface area contributed by atoms with Gasteiger partial charge in [-0.1, -0.05) is 52.3 Å². The first-order valence-electron chi connectivity index (χ1n) is 19.3. The van der Waals surface area contributed by atoms with E-state index in [4.69, 9.17) is 14.5 Å². The van der Waals surface area contributed by atoms with Gasteiger partial charge in [-0.2, -0.15) is 0 Å². The topological polar surface area (TPSA) is 107 Å². The zero-order valence-corrected chi connectivity index (χ0v) is 32.3. The molecule has 1 saturated heterocycles. The number of amides is 1. The molecule has 1 amide bonds. The first kappa shape index (κ1) is 36.0. The molecule has 1 aromatic heterocycles. The van der Waals surface area contributed by atoms with Gasteiger partial charge in [-0.3, -0.25) is 24.4 Å². The molecule has 7 rings (SSSR count). The van der Waals surface area contributed by atoms with Crippen LogP contribution in [-0.2, 0) is 30.4 Å². The lowest BCUT2D eigenvalue weighted by Gasteiger charge is -2.70. The van der Waals surface area contributed by atoms with E-state index in [0.29, 0.717) is 38.5 Å². The van der Waals surface area contributed by atoms with E-state index in [1.165, 1.54) is 5.57 Å². The minimum atomic E-state index is -0.472. The highest BCUT2D eigenvalue weighted by molar-refractivity contribution is 6.08. The van der Waals surface area contributed by atoms with Crippen LogP contribution in [0, 0.1) is 59.7 Å². The van der Waals surface area contributed by atoms with Crippen molar-refractivity contribution in [3.05, 3.63) is 69.1 Å². The normalized spacial score (nSPS) is 36.5. The molecule has 1 aromatic rings. The largest absolute Gasteiger partial charge is 0.422 e. The second-order valence-electron chi connectivity index (χ2n) is 18.0. The zero-order chi connectivity index (χ0) is 36.7. The molecule has 0 unspecified atom stereocenters. The molecule has 1 aliphatic heterocycles. The van der Waals surface area contributed by atoms with Crippen LogP contribution in [-0.4, -0.2) is 40.8 Å². The van der Waals surface area contributed by atoms with Crippen LogP contribution in [0.2, 0.25) is 0 Å². The summed E-state index contributed by atoms with van der Waals surface area (Å²) in [6.45, 7) is 21.3. The van der Waals surface area contributed by atoms with Crippen molar-refractivity contribution in [2.75, 3.05) is 13.2 Å². The van der Waals surface area contributed by atoms with Gasteiger partial charge in [-0.05, 0) is 125 Å². The summed E-state index contributed by atoms with van der Waals surface area (Å²) < 4.78 is 11.3. The minimum absolute atomic E-state index is 0.0245. The zero-order valence-electron chi connectivity index (χ0n) is 32.3. The molecule has 0 radical (unpaired) electrons. The summed E-state index contributed by atoms with van der Waals surface area (Å²) in [6.07, 6.45) is 14.4. The molecule has 6 aliphatic rings. The highest BCUT2D eigenvalue weighted by Crippen LogP contribution is 2.75. The van der Waals surface area contributed by atoms with Gasteiger partial charge in [0.2, 0.25) is 11.7 Å². The highest BCUT2D eigenvalue weighted by atomic mass is 16.5. The molecule has 8 heteroatoms. The van der Waals surface area contributed by atoms with Crippen LogP contribution >= 0.6 is 0 Å². The van der Waals surface area contributed by atoms with Gasteiger partial charge in [0.05, 0.1) is 35.2 Å². The van der Waals surface area contributed by atoms with Crippen molar-refractivity contribution in [1.82, 2.24) is 15.3 Å². The van der Waals surface area contributed by atoms with Gasteiger partial charge in [0.15, 0.2) is 5.76 Å². The smallest absolute Gasteiger partial charge is 0.314 e. The van der Waals surface area contributed by atoms with Crippen LogP contribution in [0.5, 0.6) is 0 Å². The Morgan fingerprint density at radius 2 is 1.57 bits per heavy atom. The Hall–Kier alpha value is -3.39. The number of ether oxygens (including phenoxy) is 2. The maximum atomic E-state index is 14.1. The summed E-state index contributed by atoms with van der Waals surface area (Å²) in [6, 6.07) is 0. The number of fused-ring (bicyclic) bond motifs is 7. The lowest BCUT2D eigenvalue weighted by Crippen LogP contribution is -2.62. The molecule has 4 fully saturated rings. The summed E-state index contributed by atoms with van der Waals surface area (Å²) in [7, 11) is 0. The van der Waals surface area contributed by atoms with E-state index in [9.17, 15) is 14.4 Å². The van der Waals surface area contributed by atoms with Crippen LogP contribution in [0.25, 0.3) is 0 Å². The SMILES string of the molecule is CC1=C(OC(=O)C2CCOCC2)C(=O)C=C2C1=CC=C1[C@@]2(C)CC[C@@]2(C)[C@@H]3C[C@](C)(C(=O)NCc4nc(C)c(C)nc4C)CC[C@]3(C)CC[C@]12C. The standard InChI is InChI=1S/C43H57N3O5/c1-25-30-10-11-34-41(7,31(30)22-33(47)36(25)51-37(48)29-12-20-50-21-13-29)17-19-43(9)35-23-40(6,15-14-39(35,5)16-18-42(34,43)8)38(49)44-24-32-28(4)45-26(2)27(3)46-32/h10-11,22,29,35H,12-21,23-24H2,1-9H3,(H,44,49)/t35-,39-,40-,41+,42-,43+/m1/s1. The summed E-state index contributed by atoms with van der Waals surface area (Å²) >= 11 is 0. The monoisotopic (exact) mass is 695 g/mol. The van der Waals surface area contributed by atoms with E-state index in [1.54, 1.807) is 6.08 Å². The van der Waals surface area contributed by atoms with Crippen molar-refractivity contribution in [2.45, 2.75) is 127 Å². The fourth-order valence-corrected chi connectivity index (χ4v) is 11.2. The number of hydrogen-bond donors (Lipinski definition) is 1. The van der Waals surface area contributed by atoms with E-state index < -0.39 is 5.41 Å². The van der Waals surface area contributed by atoms with Crippen LogP contribution in [0.1, 0.15) is 122 Å². The van der Waals surface area contributed by atoms with Gasteiger partial charge in [0, 0.05) is 29.6 Å². The highest BCUT2D eigenvalue weighted by Gasteiger charge is 2.67. The number of esters is 1. The lowest BCUT2D eigenvalue weighted by molar-refractivity contribution is -0.169. The Bertz CT molecular complexity index is 1830. The predicted molar refractivity (Wildman–Crippen MR) is 196 cm³/mol. The van der Waals surface area contributed by atoms with E-state index in [2.05, 4.69) is 57.1 Å². The number of aryl methyl sites for hydroxylation is 3. The number of carbonyl (C=O) groups is 3. The molecule has 0 aromatic carbocycles. The fourth-order valence-electron chi connectivity index (χ4n) is 11.2. The minimum Gasteiger partial charge on any atom is -0.422 e. The Labute approximate surface area is 304 Å². The average Bonchev–Trinajstić information content (AvgIpc) is 3.10. The van der Waals surface area contributed by atoms with Crippen LogP contribution < -0.4 is 5.32 Å². The first-order valence-corrected chi connectivity index (χ1v) is 19.3. The van der Waals surface area contributed by atoms with E-state index in [1.807, 2.05) is 27.7 Å². The average molecular weight is 696 g/mol. The summed E-state index contributed by atoms with van der Waals surface area (Å²) in [5.41, 5.74) is 7.00. The molecule has 274 valence electrons.